The quantitative estimate of drug-likeness (QED) is 0.129. The van der Waals surface area contributed by atoms with Gasteiger partial charge < -0.3 is 33.5 Å². The van der Waals surface area contributed by atoms with Gasteiger partial charge in [-0.15, -0.1) is 0 Å². The van der Waals surface area contributed by atoms with Crippen LogP contribution in [-0.4, -0.2) is 82.6 Å². The lowest BCUT2D eigenvalue weighted by Crippen LogP contribution is -2.60. The molecule has 10 saturated carbocycles. The van der Waals surface area contributed by atoms with Crippen LogP contribution in [-0.2, 0) is 57.2 Å². The van der Waals surface area contributed by atoms with E-state index in [1.807, 2.05) is 41.5 Å². The summed E-state index contributed by atoms with van der Waals surface area (Å²) in [5.74, 6) is 3.39. The molecule has 0 aromatic rings. The monoisotopic (exact) mass is 969 g/mol. The standard InChI is InChI=1S/C19H32O2.C15H24O3.C13H18O4.C9H14O4/c1-5-13(3)17(20)21-18(4,6-2)19-10-14-7-15(11-19)9-16(8-14)12-19;1-3-10(2)13(16)18-15-7-11-4-12(8-15)6-14(17,5-11)9-15;1-3-6(2)12(14)16-10-7-4-8-9(5-7)13(15)17-11(8)10;1-3-6(2)8(10)13-7-4-5-12-9(7)11/h13-16H,5-12H2,1-4H3;10-12,17H,3-9H2,1-2H3;6-11H,3-5H2,1-2H3;6-7H,3-5H2,1-2H3. The molecule has 13 atom stereocenters. The zero-order chi connectivity index (χ0) is 50.2. The van der Waals surface area contributed by atoms with Crippen LogP contribution in [0, 0.1) is 76.4 Å². The van der Waals surface area contributed by atoms with Gasteiger partial charge in [-0.3, -0.25) is 24.0 Å². The van der Waals surface area contributed by atoms with Crippen LogP contribution in [0.1, 0.15) is 198 Å². The van der Waals surface area contributed by atoms with E-state index in [4.69, 9.17) is 23.7 Å². The maximum absolute atomic E-state index is 12.4. The molecule has 13 nitrogen and oxygen atoms in total. The van der Waals surface area contributed by atoms with E-state index >= 15 is 0 Å². The number of fused-ring (bicyclic) bond motifs is 1. The second-order valence-electron chi connectivity index (χ2n) is 24.4. The number of rotatable bonds is 14. The van der Waals surface area contributed by atoms with Crippen LogP contribution in [0.2, 0.25) is 0 Å². The minimum Gasteiger partial charge on any atom is -0.463 e. The van der Waals surface area contributed by atoms with Crippen molar-refractivity contribution in [2.45, 2.75) is 233 Å². The summed E-state index contributed by atoms with van der Waals surface area (Å²) in [5.41, 5.74) is -0.845. The first-order chi connectivity index (χ1) is 32.6. The van der Waals surface area contributed by atoms with Crippen LogP contribution in [0.3, 0.4) is 0 Å². The number of aliphatic hydroxyl groups is 1. The molecule has 0 spiro atoms. The van der Waals surface area contributed by atoms with Crippen molar-refractivity contribution in [3.8, 4) is 0 Å². The van der Waals surface area contributed by atoms with E-state index in [2.05, 4.69) is 25.5 Å². The first kappa shape index (κ1) is 53.6. The van der Waals surface area contributed by atoms with E-state index in [0.717, 1.165) is 88.4 Å². The summed E-state index contributed by atoms with van der Waals surface area (Å²) in [6, 6.07) is 0. The number of esters is 6. The number of hydrogen-bond acceptors (Lipinski definition) is 13. The lowest BCUT2D eigenvalue weighted by atomic mass is 9.45. The first-order valence-electron chi connectivity index (χ1n) is 27.6. The van der Waals surface area contributed by atoms with Crippen molar-refractivity contribution < 1.29 is 62.3 Å². The lowest BCUT2D eigenvalue weighted by Gasteiger charge is -2.62. The molecule has 13 heteroatoms. The molecule has 0 radical (unpaired) electrons. The third-order valence-corrected chi connectivity index (χ3v) is 19.3. The van der Waals surface area contributed by atoms with Gasteiger partial charge in [0.1, 0.15) is 23.4 Å². The van der Waals surface area contributed by atoms with E-state index in [1.165, 1.54) is 44.9 Å². The molecule has 0 aromatic carbocycles. The minimum absolute atomic E-state index is 0.0207. The molecule has 10 aliphatic carbocycles. The highest BCUT2D eigenvalue weighted by atomic mass is 16.6. The van der Waals surface area contributed by atoms with E-state index in [1.54, 1.807) is 6.92 Å². The largest absolute Gasteiger partial charge is 0.463 e. The van der Waals surface area contributed by atoms with Gasteiger partial charge in [0, 0.05) is 30.1 Å². The number of hydrogen-bond donors (Lipinski definition) is 1. The Balaban J connectivity index is 0.000000138. The molecule has 12 rings (SSSR count). The molecule has 10 bridgehead atoms. The number of cyclic esters (lactones) is 1. The fourth-order valence-corrected chi connectivity index (χ4v) is 15.0. The van der Waals surface area contributed by atoms with Gasteiger partial charge in [-0.2, -0.15) is 0 Å². The van der Waals surface area contributed by atoms with Crippen LogP contribution in [0.25, 0.3) is 0 Å². The molecule has 12 fully saturated rings. The van der Waals surface area contributed by atoms with E-state index < -0.39 is 17.7 Å². The second kappa shape index (κ2) is 21.5. The lowest BCUT2D eigenvalue weighted by molar-refractivity contribution is -0.222. The molecule has 1 N–H and O–H groups in total. The molecular weight excluding hydrogens is 881 g/mol. The molecule has 0 amide bonds. The van der Waals surface area contributed by atoms with Crippen molar-refractivity contribution in [3.05, 3.63) is 0 Å². The number of carbonyl (C=O) groups excluding carboxylic acids is 6. The van der Waals surface area contributed by atoms with Crippen molar-refractivity contribution in [2.24, 2.45) is 76.4 Å². The van der Waals surface area contributed by atoms with Crippen molar-refractivity contribution >= 4 is 35.8 Å². The van der Waals surface area contributed by atoms with Crippen molar-refractivity contribution in [2.75, 3.05) is 6.61 Å². The molecule has 2 saturated heterocycles. The normalized spacial score (nSPS) is 40.2. The predicted octanol–water partition coefficient (Wildman–Crippen LogP) is 10.0. The van der Waals surface area contributed by atoms with Gasteiger partial charge in [-0.1, -0.05) is 62.3 Å². The fourth-order valence-electron chi connectivity index (χ4n) is 15.0. The van der Waals surface area contributed by atoms with Crippen LogP contribution >= 0.6 is 0 Å². The average Bonchev–Trinajstić information content (AvgIpc) is 4.06. The van der Waals surface area contributed by atoms with E-state index in [0.29, 0.717) is 43.1 Å². The van der Waals surface area contributed by atoms with Crippen LogP contribution in [0.5, 0.6) is 0 Å². The van der Waals surface area contributed by atoms with Gasteiger partial charge in [0.2, 0.25) is 6.10 Å². The predicted molar refractivity (Wildman–Crippen MR) is 257 cm³/mol. The summed E-state index contributed by atoms with van der Waals surface area (Å²) < 4.78 is 32.6. The van der Waals surface area contributed by atoms with Crippen LogP contribution in [0.4, 0.5) is 0 Å². The summed E-state index contributed by atoms with van der Waals surface area (Å²) >= 11 is 0. The van der Waals surface area contributed by atoms with Crippen LogP contribution in [0.15, 0.2) is 0 Å². The Labute approximate surface area is 412 Å². The molecular formula is C56H88O13. The maximum atomic E-state index is 12.4. The Morgan fingerprint density at radius 3 is 1.65 bits per heavy atom. The van der Waals surface area contributed by atoms with Crippen LogP contribution < -0.4 is 0 Å². The summed E-state index contributed by atoms with van der Waals surface area (Å²) in [5, 5.41) is 10.6. The number of ether oxygens (including phenoxy) is 6. The molecule has 13 unspecified atom stereocenters. The number of carbonyl (C=O) groups is 6. The summed E-state index contributed by atoms with van der Waals surface area (Å²) in [6.45, 7) is 20.3. The summed E-state index contributed by atoms with van der Waals surface area (Å²) in [7, 11) is 0. The maximum Gasteiger partial charge on any atom is 0.347 e. The Bertz CT molecular complexity index is 1830. The van der Waals surface area contributed by atoms with Gasteiger partial charge in [0.05, 0.1) is 41.8 Å². The van der Waals surface area contributed by atoms with Gasteiger partial charge >= 0.3 is 35.8 Å². The molecule has 2 heterocycles. The van der Waals surface area contributed by atoms with Gasteiger partial charge in [-0.25, -0.2) is 4.79 Å². The smallest absolute Gasteiger partial charge is 0.347 e. The first-order valence-corrected chi connectivity index (χ1v) is 27.6. The van der Waals surface area contributed by atoms with E-state index in [9.17, 15) is 33.9 Å². The molecule has 12 aliphatic rings. The highest BCUT2D eigenvalue weighted by molar-refractivity contribution is 5.81. The third-order valence-electron chi connectivity index (χ3n) is 19.3. The third kappa shape index (κ3) is 11.4. The van der Waals surface area contributed by atoms with Gasteiger partial charge in [0.25, 0.3) is 0 Å². The van der Waals surface area contributed by atoms with Gasteiger partial charge in [0.15, 0.2) is 0 Å². The summed E-state index contributed by atoms with van der Waals surface area (Å²) in [6.07, 6.45) is 19.4. The Morgan fingerprint density at radius 1 is 0.652 bits per heavy atom. The SMILES string of the molecule is CCC(C)C(=O)OC(C)(CC)C12CC3CC(CC(C3)C1)C2.CCC(C)C(=O)OC12CC3CC(CC(O)(C3)C1)C2.CCC(C)C(=O)OC1C2CC3C(=O)OC1C3C2.CCC(C)C(=O)OC1CCOC1=O. The Morgan fingerprint density at radius 2 is 1.16 bits per heavy atom. The molecule has 390 valence electrons. The fraction of sp³-hybridized carbons (Fsp3) is 0.893. The highest BCUT2D eigenvalue weighted by Crippen LogP contribution is 2.65. The second-order valence-corrected chi connectivity index (χ2v) is 24.4. The Kier molecular flexibility index (Phi) is 16.7. The van der Waals surface area contributed by atoms with Crippen molar-refractivity contribution in [3.63, 3.8) is 0 Å². The highest BCUT2D eigenvalue weighted by Gasteiger charge is 2.64. The average molecular weight is 969 g/mol. The van der Waals surface area contributed by atoms with Crippen molar-refractivity contribution in [1.82, 2.24) is 0 Å². The minimum atomic E-state index is -0.665. The molecule has 69 heavy (non-hydrogen) atoms. The summed E-state index contributed by atoms with van der Waals surface area (Å²) in [4.78, 5) is 70.0. The topological polar surface area (TPSA) is 178 Å². The van der Waals surface area contributed by atoms with Crippen molar-refractivity contribution in [1.29, 1.82) is 0 Å². The molecule has 2 aliphatic heterocycles. The zero-order valence-corrected chi connectivity index (χ0v) is 43.9. The molecule has 0 aromatic heterocycles. The zero-order valence-electron chi connectivity index (χ0n) is 43.9. The Hall–Kier alpha value is -3.22. The van der Waals surface area contributed by atoms with Gasteiger partial charge in [-0.05, 0) is 152 Å². The van der Waals surface area contributed by atoms with E-state index in [-0.39, 0.29) is 88.3 Å².